The predicted octanol–water partition coefficient (Wildman–Crippen LogP) is 0.0821. The number of hydrogen-bond donors (Lipinski definition) is 3. The number of rotatable bonds is 6. The van der Waals surface area contributed by atoms with Gasteiger partial charge in [-0.3, -0.25) is 9.59 Å². The standard InChI is InChI=1S/C18H27N3O5S/c1-5-20(4)16(23)11-6-10(7-19-11)27-15-8(2)13-12(9(3)22)17(24)21(13)14(15)18(25)26/h8-13,19,22H,5-7H2,1-4H3,(H,25,26)/t8-,9-,10+,11+,12-,13-/m1/s1. The summed E-state index contributed by atoms with van der Waals surface area (Å²) in [6.45, 7) is 6.65. The van der Waals surface area contributed by atoms with Crippen molar-refractivity contribution in [2.24, 2.45) is 11.8 Å². The monoisotopic (exact) mass is 397 g/mol. The maximum Gasteiger partial charge on any atom is 0.353 e. The van der Waals surface area contributed by atoms with Crippen molar-refractivity contribution in [2.75, 3.05) is 20.1 Å². The Labute approximate surface area is 163 Å². The number of carboxylic acid groups (broad SMARTS) is 1. The van der Waals surface area contributed by atoms with E-state index in [4.69, 9.17) is 0 Å². The maximum absolute atomic E-state index is 12.4. The van der Waals surface area contributed by atoms with Gasteiger partial charge in [0.05, 0.1) is 24.1 Å². The van der Waals surface area contributed by atoms with E-state index in [0.29, 0.717) is 24.4 Å². The number of thioether (sulfide) groups is 1. The molecule has 0 aromatic heterocycles. The molecule has 6 atom stereocenters. The Kier molecular flexibility index (Phi) is 5.56. The molecule has 9 heteroatoms. The summed E-state index contributed by atoms with van der Waals surface area (Å²) in [7, 11) is 1.77. The molecule has 2 saturated heterocycles. The first-order chi connectivity index (χ1) is 12.7. The topological polar surface area (TPSA) is 110 Å². The molecule has 0 aromatic carbocycles. The molecular formula is C18H27N3O5S. The minimum absolute atomic E-state index is 0.0415. The van der Waals surface area contributed by atoms with Crippen LogP contribution in [0.3, 0.4) is 0 Å². The van der Waals surface area contributed by atoms with E-state index in [-0.39, 0.29) is 40.8 Å². The lowest BCUT2D eigenvalue weighted by Crippen LogP contribution is -2.63. The number of carboxylic acids is 1. The number of likely N-dealkylation sites (N-methyl/N-ethyl adjacent to an activating group) is 1. The minimum Gasteiger partial charge on any atom is -0.477 e. The van der Waals surface area contributed by atoms with Gasteiger partial charge in [-0.25, -0.2) is 4.79 Å². The molecule has 2 fully saturated rings. The third kappa shape index (κ3) is 3.25. The molecule has 3 aliphatic rings. The smallest absolute Gasteiger partial charge is 0.353 e. The molecule has 27 heavy (non-hydrogen) atoms. The van der Waals surface area contributed by atoms with Crippen LogP contribution >= 0.6 is 11.8 Å². The van der Waals surface area contributed by atoms with Crippen molar-refractivity contribution in [1.82, 2.24) is 15.1 Å². The molecule has 3 heterocycles. The van der Waals surface area contributed by atoms with Crippen LogP contribution in [-0.2, 0) is 14.4 Å². The number of hydrogen-bond acceptors (Lipinski definition) is 6. The normalized spacial score (nSPS) is 33.7. The van der Waals surface area contributed by atoms with Crippen LogP contribution in [0.5, 0.6) is 0 Å². The zero-order valence-electron chi connectivity index (χ0n) is 16.0. The van der Waals surface area contributed by atoms with E-state index in [1.165, 1.54) is 16.7 Å². The predicted molar refractivity (Wildman–Crippen MR) is 101 cm³/mol. The number of fused-ring (bicyclic) bond motifs is 1. The number of nitrogens with zero attached hydrogens (tertiary/aromatic N) is 2. The fourth-order valence-corrected chi connectivity index (χ4v) is 5.74. The van der Waals surface area contributed by atoms with Crippen molar-refractivity contribution < 1.29 is 24.6 Å². The number of aliphatic hydroxyl groups is 1. The molecular weight excluding hydrogens is 370 g/mol. The lowest BCUT2D eigenvalue weighted by molar-refractivity contribution is -0.163. The number of amides is 2. The molecule has 150 valence electrons. The van der Waals surface area contributed by atoms with Crippen molar-refractivity contribution in [2.45, 2.75) is 50.6 Å². The SMILES string of the molecule is CCN(C)C(=O)[C@@H]1C[C@H](SC2=C(C(=O)O)N3C(=O)[C@H]([C@@H](C)O)[C@H]3[C@H]2C)CN1. The second-order valence-electron chi connectivity index (χ2n) is 7.56. The lowest BCUT2D eigenvalue weighted by atomic mass is 9.79. The van der Waals surface area contributed by atoms with Gasteiger partial charge in [0, 0.05) is 36.2 Å². The Hall–Kier alpha value is -1.58. The molecule has 0 radical (unpaired) electrons. The molecule has 0 spiro atoms. The van der Waals surface area contributed by atoms with Gasteiger partial charge < -0.3 is 25.3 Å². The lowest BCUT2D eigenvalue weighted by Gasteiger charge is -2.46. The van der Waals surface area contributed by atoms with E-state index in [0.717, 1.165) is 0 Å². The van der Waals surface area contributed by atoms with Gasteiger partial charge >= 0.3 is 5.97 Å². The van der Waals surface area contributed by atoms with Gasteiger partial charge in [0.1, 0.15) is 5.70 Å². The van der Waals surface area contributed by atoms with E-state index >= 15 is 0 Å². The quantitative estimate of drug-likeness (QED) is 0.545. The number of β-lactam (4-membered cyclic amide) rings is 1. The van der Waals surface area contributed by atoms with Crippen LogP contribution in [0.4, 0.5) is 0 Å². The summed E-state index contributed by atoms with van der Waals surface area (Å²) in [5.74, 6) is -2.10. The molecule has 0 saturated carbocycles. The Bertz CT molecular complexity index is 694. The number of carbonyl (C=O) groups excluding carboxylic acids is 2. The van der Waals surface area contributed by atoms with Gasteiger partial charge in [0.25, 0.3) is 0 Å². The van der Waals surface area contributed by atoms with E-state index in [1.54, 1.807) is 18.9 Å². The number of aliphatic carboxylic acids is 1. The van der Waals surface area contributed by atoms with Crippen LogP contribution in [0, 0.1) is 11.8 Å². The highest BCUT2D eigenvalue weighted by Crippen LogP contribution is 2.51. The van der Waals surface area contributed by atoms with Gasteiger partial charge in [-0.1, -0.05) is 6.92 Å². The molecule has 0 bridgehead atoms. The van der Waals surface area contributed by atoms with E-state index in [2.05, 4.69) is 5.32 Å². The fraction of sp³-hybridized carbons (Fsp3) is 0.722. The van der Waals surface area contributed by atoms with Crippen molar-refractivity contribution in [1.29, 1.82) is 0 Å². The zero-order chi connectivity index (χ0) is 20.0. The summed E-state index contributed by atoms with van der Waals surface area (Å²) in [5.41, 5.74) is 0.0415. The summed E-state index contributed by atoms with van der Waals surface area (Å²) in [6, 6.07) is -0.564. The van der Waals surface area contributed by atoms with Crippen molar-refractivity contribution in [3.8, 4) is 0 Å². The molecule has 8 nitrogen and oxygen atoms in total. The average Bonchev–Trinajstić information content (AvgIpc) is 3.16. The van der Waals surface area contributed by atoms with Crippen LogP contribution in [0.2, 0.25) is 0 Å². The van der Waals surface area contributed by atoms with Gasteiger partial charge in [0.2, 0.25) is 11.8 Å². The fourth-order valence-electron chi connectivity index (χ4n) is 4.26. The molecule has 3 rings (SSSR count). The third-order valence-corrected chi connectivity index (χ3v) is 7.36. The van der Waals surface area contributed by atoms with Gasteiger partial charge in [-0.15, -0.1) is 11.8 Å². The minimum atomic E-state index is -1.12. The third-order valence-electron chi connectivity index (χ3n) is 5.84. The molecule has 0 aliphatic carbocycles. The van der Waals surface area contributed by atoms with Crippen LogP contribution in [-0.4, -0.2) is 81.4 Å². The highest BCUT2D eigenvalue weighted by atomic mass is 32.2. The van der Waals surface area contributed by atoms with Crippen LogP contribution in [0.1, 0.15) is 27.2 Å². The molecule has 3 N–H and O–H groups in total. The van der Waals surface area contributed by atoms with Crippen molar-refractivity contribution >= 4 is 29.5 Å². The number of aliphatic hydroxyl groups excluding tert-OH is 1. The average molecular weight is 397 g/mol. The summed E-state index contributed by atoms with van der Waals surface area (Å²) in [5, 5.41) is 22.9. The van der Waals surface area contributed by atoms with E-state index in [1.807, 2.05) is 13.8 Å². The summed E-state index contributed by atoms with van der Waals surface area (Å²) in [6.07, 6.45) is -0.185. The van der Waals surface area contributed by atoms with E-state index < -0.39 is 18.0 Å². The Morgan fingerprint density at radius 3 is 2.67 bits per heavy atom. The van der Waals surface area contributed by atoms with Crippen molar-refractivity contribution in [3.05, 3.63) is 10.6 Å². The highest BCUT2D eigenvalue weighted by molar-refractivity contribution is 8.03. The van der Waals surface area contributed by atoms with Crippen LogP contribution in [0.25, 0.3) is 0 Å². The zero-order valence-corrected chi connectivity index (χ0v) is 16.8. The first-order valence-corrected chi connectivity index (χ1v) is 10.2. The van der Waals surface area contributed by atoms with Crippen LogP contribution in [0.15, 0.2) is 10.6 Å². The molecule has 3 aliphatic heterocycles. The number of nitrogens with one attached hydrogen (secondary N) is 1. The number of carbonyl (C=O) groups is 3. The first kappa shape index (κ1) is 20.2. The largest absolute Gasteiger partial charge is 0.477 e. The van der Waals surface area contributed by atoms with E-state index in [9.17, 15) is 24.6 Å². The van der Waals surface area contributed by atoms with Crippen LogP contribution < -0.4 is 5.32 Å². The maximum atomic E-state index is 12.4. The van der Waals surface area contributed by atoms with Gasteiger partial charge in [-0.2, -0.15) is 0 Å². The summed E-state index contributed by atoms with van der Waals surface area (Å²) in [4.78, 5) is 40.2. The first-order valence-electron chi connectivity index (χ1n) is 9.32. The Morgan fingerprint density at radius 1 is 1.44 bits per heavy atom. The summed E-state index contributed by atoms with van der Waals surface area (Å²) >= 11 is 1.45. The molecule has 0 unspecified atom stereocenters. The second kappa shape index (κ2) is 7.44. The molecule has 0 aromatic rings. The Balaban J connectivity index is 1.76. The highest BCUT2D eigenvalue weighted by Gasteiger charge is 2.60. The Morgan fingerprint density at radius 2 is 2.11 bits per heavy atom. The van der Waals surface area contributed by atoms with Gasteiger partial charge in [0.15, 0.2) is 0 Å². The van der Waals surface area contributed by atoms with Crippen molar-refractivity contribution in [3.63, 3.8) is 0 Å². The summed E-state index contributed by atoms with van der Waals surface area (Å²) < 4.78 is 0. The van der Waals surface area contributed by atoms with Gasteiger partial charge in [-0.05, 0) is 20.3 Å². The molecule has 2 amide bonds. The second-order valence-corrected chi connectivity index (χ2v) is 8.90.